The highest BCUT2D eigenvalue weighted by molar-refractivity contribution is 5.84. The molecule has 0 aliphatic heterocycles. The van der Waals surface area contributed by atoms with Crippen LogP contribution in [-0.2, 0) is 6.42 Å². The predicted molar refractivity (Wildman–Crippen MR) is 75.1 cm³/mol. The molecule has 0 unspecified atom stereocenters. The van der Waals surface area contributed by atoms with Gasteiger partial charge in [-0.2, -0.15) is 0 Å². The van der Waals surface area contributed by atoms with Crippen LogP contribution in [0.15, 0.2) is 30.3 Å². The van der Waals surface area contributed by atoms with Crippen molar-refractivity contribution in [1.82, 2.24) is 10.3 Å². The Kier molecular flexibility index (Phi) is 4.15. The van der Waals surface area contributed by atoms with Gasteiger partial charge in [-0.05, 0) is 33.0 Å². The fourth-order valence-electron chi connectivity index (χ4n) is 1.90. The molecule has 0 saturated heterocycles. The molecular formula is C15H20N2O. The van der Waals surface area contributed by atoms with Gasteiger partial charge in [0.1, 0.15) is 11.3 Å². The summed E-state index contributed by atoms with van der Waals surface area (Å²) in [5.41, 5.74) is 2.05. The summed E-state index contributed by atoms with van der Waals surface area (Å²) < 4.78 is 5.81. The molecule has 2 rings (SSSR count). The van der Waals surface area contributed by atoms with Crippen LogP contribution in [-0.4, -0.2) is 24.7 Å². The molecular weight excluding hydrogens is 224 g/mol. The van der Waals surface area contributed by atoms with Crippen molar-refractivity contribution >= 4 is 10.9 Å². The van der Waals surface area contributed by atoms with Crippen molar-refractivity contribution in [3.63, 3.8) is 0 Å². The Morgan fingerprint density at radius 3 is 2.78 bits per heavy atom. The van der Waals surface area contributed by atoms with Gasteiger partial charge < -0.3 is 10.1 Å². The van der Waals surface area contributed by atoms with Gasteiger partial charge in [0.15, 0.2) is 0 Å². The molecule has 3 nitrogen and oxygen atoms in total. The minimum atomic E-state index is 0.165. The lowest BCUT2D eigenvalue weighted by molar-refractivity contribution is 0.245. The Bertz CT molecular complexity index is 523. The lowest BCUT2D eigenvalue weighted by atomic mass is 10.1. The van der Waals surface area contributed by atoms with Crippen molar-refractivity contribution in [2.75, 3.05) is 13.6 Å². The SMILES string of the molecule is CNCCc1ccc2cccc(OC(C)C)c2n1. The number of likely N-dealkylation sites (N-methyl/N-ethyl adjacent to an activating group) is 1. The Morgan fingerprint density at radius 2 is 2.06 bits per heavy atom. The van der Waals surface area contributed by atoms with E-state index in [9.17, 15) is 0 Å². The van der Waals surface area contributed by atoms with E-state index in [1.807, 2.05) is 33.0 Å². The van der Waals surface area contributed by atoms with Crippen LogP contribution >= 0.6 is 0 Å². The van der Waals surface area contributed by atoms with E-state index in [0.717, 1.165) is 35.3 Å². The van der Waals surface area contributed by atoms with Gasteiger partial charge in [0.2, 0.25) is 0 Å². The first-order valence-corrected chi connectivity index (χ1v) is 6.40. The van der Waals surface area contributed by atoms with Crippen LogP contribution in [0.5, 0.6) is 5.75 Å². The summed E-state index contributed by atoms with van der Waals surface area (Å²) in [6, 6.07) is 10.3. The lowest BCUT2D eigenvalue weighted by Gasteiger charge is -2.12. The Labute approximate surface area is 108 Å². The average molecular weight is 244 g/mol. The molecule has 0 saturated carbocycles. The minimum Gasteiger partial charge on any atom is -0.489 e. The molecule has 2 aromatic rings. The number of hydrogen-bond donors (Lipinski definition) is 1. The van der Waals surface area contributed by atoms with Gasteiger partial charge in [-0.1, -0.05) is 18.2 Å². The summed E-state index contributed by atoms with van der Waals surface area (Å²) in [5, 5.41) is 4.27. The number of rotatable bonds is 5. The van der Waals surface area contributed by atoms with Gasteiger partial charge in [-0.3, -0.25) is 0 Å². The first-order chi connectivity index (χ1) is 8.70. The van der Waals surface area contributed by atoms with Gasteiger partial charge >= 0.3 is 0 Å². The Balaban J connectivity index is 2.38. The van der Waals surface area contributed by atoms with Crippen LogP contribution in [0.1, 0.15) is 19.5 Å². The van der Waals surface area contributed by atoms with Crippen molar-refractivity contribution < 1.29 is 4.74 Å². The average Bonchev–Trinajstić information content (AvgIpc) is 2.36. The molecule has 1 heterocycles. The second-order valence-corrected chi connectivity index (χ2v) is 4.65. The van der Waals surface area contributed by atoms with E-state index in [2.05, 4.69) is 23.5 Å². The fraction of sp³-hybridized carbons (Fsp3) is 0.400. The number of benzene rings is 1. The normalized spacial score (nSPS) is 11.1. The van der Waals surface area contributed by atoms with Crippen LogP contribution in [0.25, 0.3) is 10.9 Å². The Morgan fingerprint density at radius 1 is 1.22 bits per heavy atom. The molecule has 0 bridgehead atoms. The molecule has 0 radical (unpaired) electrons. The molecule has 0 fully saturated rings. The monoisotopic (exact) mass is 244 g/mol. The first-order valence-electron chi connectivity index (χ1n) is 6.40. The zero-order valence-corrected chi connectivity index (χ0v) is 11.2. The van der Waals surface area contributed by atoms with Crippen molar-refractivity contribution in [2.24, 2.45) is 0 Å². The van der Waals surface area contributed by atoms with E-state index in [-0.39, 0.29) is 6.10 Å². The lowest BCUT2D eigenvalue weighted by Crippen LogP contribution is -2.11. The van der Waals surface area contributed by atoms with Gasteiger partial charge in [0.05, 0.1) is 6.10 Å². The van der Waals surface area contributed by atoms with Crippen LogP contribution in [0.4, 0.5) is 0 Å². The molecule has 1 N–H and O–H groups in total. The van der Waals surface area contributed by atoms with Crippen molar-refractivity contribution in [3.05, 3.63) is 36.0 Å². The quantitative estimate of drug-likeness (QED) is 0.878. The van der Waals surface area contributed by atoms with Gasteiger partial charge in [0, 0.05) is 24.0 Å². The number of nitrogens with one attached hydrogen (secondary N) is 1. The molecule has 1 aromatic heterocycles. The fourth-order valence-corrected chi connectivity index (χ4v) is 1.90. The summed E-state index contributed by atoms with van der Waals surface area (Å²) in [5.74, 6) is 0.869. The molecule has 1 aromatic carbocycles. The number of para-hydroxylation sites is 1. The standard InChI is InChI=1S/C15H20N2O/c1-11(2)18-14-6-4-5-12-7-8-13(9-10-16-3)17-15(12)14/h4-8,11,16H,9-10H2,1-3H3. The summed E-state index contributed by atoms with van der Waals surface area (Å²) in [6.45, 7) is 5.00. The summed E-state index contributed by atoms with van der Waals surface area (Å²) in [4.78, 5) is 4.70. The maximum absolute atomic E-state index is 5.81. The van der Waals surface area contributed by atoms with Gasteiger partial charge in [0.25, 0.3) is 0 Å². The third kappa shape index (κ3) is 2.99. The minimum absolute atomic E-state index is 0.165. The number of fused-ring (bicyclic) bond motifs is 1. The third-order valence-electron chi connectivity index (χ3n) is 2.73. The van der Waals surface area contributed by atoms with Crippen molar-refractivity contribution in [3.8, 4) is 5.75 Å². The summed E-state index contributed by atoms with van der Waals surface area (Å²) in [7, 11) is 1.95. The van der Waals surface area contributed by atoms with E-state index in [1.54, 1.807) is 0 Å². The number of ether oxygens (including phenoxy) is 1. The first kappa shape index (κ1) is 12.8. The van der Waals surface area contributed by atoms with E-state index in [1.165, 1.54) is 0 Å². The number of hydrogen-bond acceptors (Lipinski definition) is 3. The maximum Gasteiger partial charge on any atom is 0.145 e. The molecule has 3 heteroatoms. The molecule has 0 amide bonds. The van der Waals surface area contributed by atoms with Crippen molar-refractivity contribution in [2.45, 2.75) is 26.4 Å². The highest BCUT2D eigenvalue weighted by Gasteiger charge is 2.06. The van der Waals surface area contributed by atoms with E-state index < -0.39 is 0 Å². The highest BCUT2D eigenvalue weighted by Crippen LogP contribution is 2.24. The van der Waals surface area contributed by atoms with E-state index >= 15 is 0 Å². The van der Waals surface area contributed by atoms with E-state index in [4.69, 9.17) is 9.72 Å². The molecule has 0 spiro atoms. The molecule has 18 heavy (non-hydrogen) atoms. The largest absolute Gasteiger partial charge is 0.489 e. The third-order valence-corrected chi connectivity index (χ3v) is 2.73. The topological polar surface area (TPSA) is 34.1 Å². The molecule has 0 aliphatic carbocycles. The van der Waals surface area contributed by atoms with Crippen LogP contribution in [0.3, 0.4) is 0 Å². The maximum atomic E-state index is 5.81. The molecule has 0 aliphatic rings. The van der Waals surface area contributed by atoms with E-state index in [0.29, 0.717) is 0 Å². The zero-order chi connectivity index (χ0) is 13.0. The Hall–Kier alpha value is -1.61. The molecule has 0 atom stereocenters. The highest BCUT2D eigenvalue weighted by atomic mass is 16.5. The van der Waals surface area contributed by atoms with Gasteiger partial charge in [-0.25, -0.2) is 4.98 Å². The smallest absolute Gasteiger partial charge is 0.145 e. The van der Waals surface area contributed by atoms with Gasteiger partial charge in [-0.15, -0.1) is 0 Å². The zero-order valence-electron chi connectivity index (χ0n) is 11.2. The van der Waals surface area contributed by atoms with Crippen molar-refractivity contribution in [1.29, 1.82) is 0 Å². The predicted octanol–water partition coefficient (Wildman–Crippen LogP) is 2.78. The number of pyridine rings is 1. The molecule has 96 valence electrons. The number of nitrogens with zero attached hydrogens (tertiary/aromatic N) is 1. The number of aromatic nitrogens is 1. The van der Waals surface area contributed by atoms with Crippen LogP contribution < -0.4 is 10.1 Å². The second kappa shape index (κ2) is 5.83. The summed E-state index contributed by atoms with van der Waals surface area (Å²) >= 11 is 0. The second-order valence-electron chi connectivity index (χ2n) is 4.65. The van der Waals surface area contributed by atoms with Crippen LogP contribution in [0.2, 0.25) is 0 Å². The summed E-state index contributed by atoms with van der Waals surface area (Å²) in [6.07, 6.45) is 1.10. The van der Waals surface area contributed by atoms with Crippen LogP contribution in [0, 0.1) is 0 Å².